The second kappa shape index (κ2) is 6.48. The highest BCUT2D eigenvalue weighted by atomic mass is 35.5. The zero-order valence-corrected chi connectivity index (χ0v) is 15.9. The topological polar surface area (TPSA) is 91.8 Å². The van der Waals surface area contributed by atoms with E-state index >= 15 is 0 Å². The van der Waals surface area contributed by atoms with Gasteiger partial charge in [0, 0.05) is 12.3 Å². The highest BCUT2D eigenvalue weighted by Crippen LogP contribution is 2.61. The molecular formula is C12H15Cl2N2O6PS. The number of hydrogen-bond donors (Lipinski definition) is 1. The Morgan fingerprint density at radius 1 is 1.50 bits per heavy atom. The molecule has 1 aromatic rings. The molecule has 2 fully saturated rings. The molecule has 3 rings (SSSR count). The monoisotopic (exact) mass is 416 g/mol. The van der Waals surface area contributed by atoms with Gasteiger partial charge in [0.25, 0.3) is 5.56 Å². The third-order valence-corrected chi connectivity index (χ3v) is 6.70. The van der Waals surface area contributed by atoms with E-state index in [-0.39, 0.29) is 12.7 Å². The first-order chi connectivity index (χ1) is 11.1. The van der Waals surface area contributed by atoms with Gasteiger partial charge in [-0.25, -0.2) is 4.79 Å². The SMILES string of the molecule is CC(C)O[P@]1(=S)OC[C@H]2O[C@@H](n3ccc(=O)[nH]c3=O)C(Cl)(Cl)[C@@H]2O1. The number of aromatic nitrogens is 2. The molecule has 0 bridgehead atoms. The van der Waals surface area contributed by atoms with Crippen LogP contribution in [-0.4, -0.2) is 38.8 Å². The lowest BCUT2D eigenvalue weighted by molar-refractivity contribution is -0.0651. The standard InChI is InChI=1S/C12H15Cl2N2O6PS/c1-6(2)21-23(24)19-5-7-9(22-23)12(13,14)10(20-7)16-4-3-8(17)15-11(16)18/h3-4,6-7,9-10H,5H2,1-2H3,(H,15,17,18)/t7-,9-,10-,23-/m1/s1. The lowest BCUT2D eigenvalue weighted by Crippen LogP contribution is -2.44. The predicted octanol–water partition coefficient (Wildman–Crippen LogP) is 1.67. The van der Waals surface area contributed by atoms with Crippen LogP contribution in [0.3, 0.4) is 0 Å². The second-order valence-corrected chi connectivity index (χ2v) is 10.0. The van der Waals surface area contributed by atoms with E-state index in [0.29, 0.717) is 0 Å². The molecule has 0 unspecified atom stereocenters. The van der Waals surface area contributed by atoms with E-state index < -0.39 is 40.7 Å². The highest BCUT2D eigenvalue weighted by Gasteiger charge is 2.61. The average Bonchev–Trinajstić information content (AvgIpc) is 2.69. The smallest absolute Gasteiger partial charge is 0.330 e. The van der Waals surface area contributed by atoms with Crippen molar-refractivity contribution >= 4 is 41.7 Å². The van der Waals surface area contributed by atoms with Crippen LogP contribution in [0, 0.1) is 0 Å². The number of nitrogens with zero attached hydrogens (tertiary/aromatic N) is 1. The third kappa shape index (κ3) is 3.37. The van der Waals surface area contributed by atoms with E-state index in [0.717, 1.165) is 4.57 Å². The first-order valence-corrected chi connectivity index (χ1v) is 10.4. The van der Waals surface area contributed by atoms with Crippen LogP contribution in [-0.2, 0) is 30.1 Å². The zero-order valence-electron chi connectivity index (χ0n) is 12.7. The molecule has 0 saturated carbocycles. The second-order valence-electron chi connectivity index (χ2n) is 5.64. The van der Waals surface area contributed by atoms with Crippen molar-refractivity contribution in [2.24, 2.45) is 0 Å². The summed E-state index contributed by atoms with van der Waals surface area (Å²) < 4.78 is 22.0. The number of aromatic amines is 1. The van der Waals surface area contributed by atoms with Gasteiger partial charge >= 0.3 is 12.4 Å². The minimum absolute atomic E-state index is 0.0739. The Balaban J connectivity index is 1.91. The number of fused-ring (bicyclic) bond motifs is 1. The number of halogens is 2. The maximum absolute atomic E-state index is 12.0. The molecule has 12 heteroatoms. The molecule has 1 aromatic heterocycles. The van der Waals surface area contributed by atoms with E-state index in [9.17, 15) is 9.59 Å². The quantitative estimate of drug-likeness (QED) is 0.591. The van der Waals surface area contributed by atoms with Crippen molar-refractivity contribution in [1.29, 1.82) is 0 Å². The van der Waals surface area contributed by atoms with E-state index in [4.69, 9.17) is 53.3 Å². The minimum atomic E-state index is -3.02. The fourth-order valence-electron chi connectivity index (χ4n) is 2.49. The normalized spacial score (nSPS) is 35.1. The number of hydrogen-bond acceptors (Lipinski definition) is 7. The summed E-state index contributed by atoms with van der Waals surface area (Å²) in [6.45, 7) is 0.658. The molecule has 134 valence electrons. The van der Waals surface area contributed by atoms with Crippen LogP contribution >= 0.6 is 29.9 Å². The number of rotatable bonds is 3. The van der Waals surface area contributed by atoms with Crippen molar-refractivity contribution in [2.45, 2.75) is 42.7 Å². The predicted molar refractivity (Wildman–Crippen MR) is 91.0 cm³/mol. The Labute approximate surface area is 152 Å². The fourth-order valence-corrected chi connectivity index (χ4v) is 5.87. The van der Waals surface area contributed by atoms with E-state index in [1.807, 2.05) is 0 Å². The first kappa shape index (κ1) is 18.5. The molecular weight excluding hydrogens is 402 g/mol. The maximum atomic E-state index is 12.0. The highest BCUT2D eigenvalue weighted by molar-refractivity contribution is 8.07. The Morgan fingerprint density at radius 2 is 2.21 bits per heavy atom. The Hall–Kier alpha value is -0.250. The number of alkyl halides is 2. The maximum Gasteiger partial charge on any atom is 0.330 e. The molecule has 3 heterocycles. The van der Waals surface area contributed by atoms with Crippen LogP contribution in [0.15, 0.2) is 21.9 Å². The van der Waals surface area contributed by atoms with Gasteiger partial charge < -0.3 is 13.8 Å². The van der Waals surface area contributed by atoms with Gasteiger partial charge in [-0.2, -0.15) is 0 Å². The van der Waals surface area contributed by atoms with Crippen molar-refractivity contribution in [3.63, 3.8) is 0 Å². The summed E-state index contributed by atoms with van der Waals surface area (Å²) in [4.78, 5) is 25.3. The summed E-state index contributed by atoms with van der Waals surface area (Å²) in [5, 5.41) is 0. The molecule has 2 aliphatic rings. The lowest BCUT2D eigenvalue weighted by atomic mass is 10.2. The minimum Gasteiger partial charge on any atom is -0.346 e. The van der Waals surface area contributed by atoms with Crippen molar-refractivity contribution < 1.29 is 18.3 Å². The molecule has 8 nitrogen and oxygen atoms in total. The van der Waals surface area contributed by atoms with Crippen molar-refractivity contribution in [1.82, 2.24) is 9.55 Å². The molecule has 24 heavy (non-hydrogen) atoms. The molecule has 0 spiro atoms. The van der Waals surface area contributed by atoms with Crippen molar-refractivity contribution in [3.05, 3.63) is 33.1 Å². The van der Waals surface area contributed by atoms with Gasteiger partial charge in [-0.1, -0.05) is 23.2 Å². The van der Waals surface area contributed by atoms with Gasteiger partial charge in [0.1, 0.15) is 12.2 Å². The van der Waals surface area contributed by atoms with Crippen LogP contribution in [0.1, 0.15) is 20.1 Å². The van der Waals surface area contributed by atoms with Crippen molar-refractivity contribution in [3.8, 4) is 0 Å². The summed E-state index contributed by atoms with van der Waals surface area (Å²) in [6, 6.07) is 1.17. The fraction of sp³-hybridized carbons (Fsp3) is 0.667. The molecule has 1 N–H and O–H groups in total. The van der Waals surface area contributed by atoms with Crippen LogP contribution in [0.25, 0.3) is 0 Å². The Bertz CT molecular complexity index is 796. The number of H-pyrrole nitrogens is 1. The summed E-state index contributed by atoms with van der Waals surface area (Å²) in [6.07, 6.45) is -1.50. The molecule has 2 aliphatic heterocycles. The number of nitrogens with one attached hydrogen (secondary N) is 1. The van der Waals surface area contributed by atoms with E-state index in [1.165, 1.54) is 12.3 Å². The summed E-state index contributed by atoms with van der Waals surface area (Å²) in [5.74, 6) is 0. The zero-order chi connectivity index (χ0) is 17.7. The molecule has 0 aliphatic carbocycles. The van der Waals surface area contributed by atoms with Crippen LogP contribution in [0.5, 0.6) is 0 Å². The summed E-state index contributed by atoms with van der Waals surface area (Å²) >= 11 is 18.2. The largest absolute Gasteiger partial charge is 0.346 e. The Kier molecular flexibility index (Phi) is 5.01. The van der Waals surface area contributed by atoms with E-state index in [2.05, 4.69) is 4.98 Å². The van der Waals surface area contributed by atoms with Gasteiger partial charge in [-0.15, -0.1) is 0 Å². The van der Waals surface area contributed by atoms with Crippen LogP contribution in [0.4, 0.5) is 0 Å². The number of ether oxygens (including phenoxy) is 1. The molecule has 0 amide bonds. The third-order valence-electron chi connectivity index (χ3n) is 3.43. The first-order valence-electron chi connectivity index (χ1n) is 7.08. The van der Waals surface area contributed by atoms with Gasteiger partial charge in [-0.3, -0.25) is 18.9 Å². The summed E-state index contributed by atoms with van der Waals surface area (Å²) in [7, 11) is 0. The lowest BCUT2D eigenvalue weighted by Gasteiger charge is -2.36. The van der Waals surface area contributed by atoms with Gasteiger partial charge in [0.05, 0.1) is 12.7 Å². The molecule has 0 aromatic carbocycles. The Morgan fingerprint density at radius 3 is 2.83 bits per heavy atom. The summed E-state index contributed by atoms with van der Waals surface area (Å²) in [5.41, 5.74) is -1.24. The average molecular weight is 417 g/mol. The molecule has 2 saturated heterocycles. The van der Waals surface area contributed by atoms with Gasteiger partial charge in [0.15, 0.2) is 10.6 Å². The van der Waals surface area contributed by atoms with Crippen LogP contribution < -0.4 is 11.2 Å². The van der Waals surface area contributed by atoms with Crippen LogP contribution in [0.2, 0.25) is 0 Å². The van der Waals surface area contributed by atoms with Gasteiger partial charge in [-0.05, 0) is 25.7 Å². The molecule has 0 radical (unpaired) electrons. The van der Waals surface area contributed by atoms with E-state index in [1.54, 1.807) is 13.8 Å². The molecule has 4 atom stereocenters. The van der Waals surface area contributed by atoms with Gasteiger partial charge in [0.2, 0.25) is 0 Å². The van der Waals surface area contributed by atoms with Crippen molar-refractivity contribution in [2.75, 3.05) is 6.61 Å².